The van der Waals surface area contributed by atoms with Gasteiger partial charge in [0, 0.05) is 5.56 Å². The molecule has 0 saturated heterocycles. The smallest absolute Gasteiger partial charge is 0.131 e. The molecule has 0 saturated carbocycles. The Kier molecular flexibility index (Phi) is 5.09. The largest absolute Gasteiger partial charge is 0.207 e. The fraction of sp³-hybridized carbons (Fsp3) is 0.0476. The van der Waals surface area contributed by atoms with Crippen LogP contribution < -0.4 is 0 Å². The van der Waals surface area contributed by atoms with Gasteiger partial charge in [-0.25, -0.2) is 8.78 Å². The van der Waals surface area contributed by atoms with Gasteiger partial charge < -0.3 is 0 Å². The van der Waals surface area contributed by atoms with Gasteiger partial charge in [-0.1, -0.05) is 48.5 Å². The van der Waals surface area contributed by atoms with E-state index in [9.17, 15) is 8.78 Å². The zero-order valence-corrected chi connectivity index (χ0v) is 13.7. The molecule has 0 N–H and O–H groups in total. The summed E-state index contributed by atoms with van der Waals surface area (Å²) in [6.45, 7) is 1.86. The third kappa shape index (κ3) is 4.44. The maximum Gasteiger partial charge on any atom is 0.131 e. The molecule has 0 aromatic heterocycles. The fourth-order valence-corrected chi connectivity index (χ4v) is 2.35. The summed E-state index contributed by atoms with van der Waals surface area (Å²) < 4.78 is 26.8. The van der Waals surface area contributed by atoms with E-state index in [0.29, 0.717) is 5.56 Å². The van der Waals surface area contributed by atoms with Crippen molar-refractivity contribution in [3.05, 3.63) is 95.1 Å². The second-order valence-corrected chi connectivity index (χ2v) is 5.65. The van der Waals surface area contributed by atoms with Gasteiger partial charge in [-0.2, -0.15) is 10.2 Å². The summed E-state index contributed by atoms with van der Waals surface area (Å²) in [6, 6.07) is 18.6. The van der Waals surface area contributed by atoms with Crippen molar-refractivity contribution in [3.63, 3.8) is 0 Å². The van der Waals surface area contributed by atoms with Crippen molar-refractivity contribution in [2.24, 2.45) is 10.2 Å². The van der Waals surface area contributed by atoms with Gasteiger partial charge in [-0.15, -0.1) is 0 Å². The first-order valence-electron chi connectivity index (χ1n) is 7.80. The van der Waals surface area contributed by atoms with Gasteiger partial charge in [0.1, 0.15) is 11.6 Å². The maximum atomic E-state index is 14.0. The summed E-state index contributed by atoms with van der Waals surface area (Å²) in [4.78, 5) is 0. The zero-order valence-electron chi connectivity index (χ0n) is 13.7. The summed E-state index contributed by atoms with van der Waals surface area (Å²) >= 11 is 0. The van der Waals surface area contributed by atoms with E-state index in [2.05, 4.69) is 10.2 Å². The number of hydrogen-bond donors (Lipinski definition) is 0. The van der Waals surface area contributed by atoms with Crippen molar-refractivity contribution in [2.75, 3.05) is 0 Å². The quantitative estimate of drug-likeness (QED) is 0.451. The molecule has 0 radical (unpaired) electrons. The Morgan fingerprint density at radius 1 is 0.720 bits per heavy atom. The van der Waals surface area contributed by atoms with E-state index < -0.39 is 0 Å². The highest BCUT2D eigenvalue weighted by Crippen LogP contribution is 2.23. The number of rotatable bonds is 4. The van der Waals surface area contributed by atoms with Crippen molar-refractivity contribution in [1.29, 1.82) is 0 Å². The van der Waals surface area contributed by atoms with Crippen molar-refractivity contribution in [2.45, 2.75) is 6.92 Å². The minimum atomic E-state index is -0.286. The molecule has 0 aliphatic carbocycles. The summed E-state index contributed by atoms with van der Waals surface area (Å²) in [6.07, 6.45) is 3.15. The Morgan fingerprint density at radius 3 is 1.84 bits per heavy atom. The van der Waals surface area contributed by atoms with E-state index >= 15 is 0 Å². The molecule has 124 valence electrons. The highest BCUT2D eigenvalue weighted by atomic mass is 19.1. The SMILES string of the molecule is Cc1ccc(-c2ccc(C=NN=Cc3ccc(F)cc3)cc2)c(F)c1. The zero-order chi connectivity index (χ0) is 17.6. The van der Waals surface area contributed by atoms with Crippen molar-refractivity contribution in [1.82, 2.24) is 0 Å². The molecule has 0 fully saturated rings. The van der Waals surface area contributed by atoms with Gasteiger partial charge in [-0.05, 0) is 47.4 Å². The molecule has 0 atom stereocenters. The van der Waals surface area contributed by atoms with Crippen LogP contribution >= 0.6 is 0 Å². The molecule has 0 aliphatic rings. The minimum Gasteiger partial charge on any atom is -0.207 e. The maximum absolute atomic E-state index is 14.0. The highest BCUT2D eigenvalue weighted by Gasteiger charge is 2.04. The van der Waals surface area contributed by atoms with Crippen molar-refractivity contribution >= 4 is 12.4 Å². The predicted molar refractivity (Wildman–Crippen MR) is 98.2 cm³/mol. The Hall–Kier alpha value is -3.14. The third-order valence-electron chi connectivity index (χ3n) is 3.70. The van der Waals surface area contributed by atoms with E-state index in [0.717, 1.165) is 22.3 Å². The topological polar surface area (TPSA) is 24.7 Å². The highest BCUT2D eigenvalue weighted by molar-refractivity contribution is 5.83. The molecule has 0 amide bonds. The number of hydrogen-bond acceptors (Lipinski definition) is 2. The lowest BCUT2D eigenvalue weighted by atomic mass is 10.0. The van der Waals surface area contributed by atoms with Crippen LogP contribution in [0.3, 0.4) is 0 Å². The number of halogens is 2. The van der Waals surface area contributed by atoms with Crippen LogP contribution in [-0.4, -0.2) is 12.4 Å². The first-order valence-corrected chi connectivity index (χ1v) is 7.80. The second-order valence-electron chi connectivity index (χ2n) is 5.65. The Bertz CT molecular complexity index is 912. The first-order chi connectivity index (χ1) is 12.1. The van der Waals surface area contributed by atoms with Crippen LogP contribution in [-0.2, 0) is 0 Å². The molecule has 0 bridgehead atoms. The van der Waals surface area contributed by atoms with Gasteiger partial charge in [0.2, 0.25) is 0 Å². The monoisotopic (exact) mass is 334 g/mol. The Balaban J connectivity index is 1.69. The molecule has 3 aromatic rings. The molecular weight excluding hydrogens is 318 g/mol. The molecule has 0 spiro atoms. The molecule has 4 heteroatoms. The molecule has 0 aliphatic heterocycles. The van der Waals surface area contributed by atoms with Gasteiger partial charge >= 0.3 is 0 Å². The average molecular weight is 334 g/mol. The van der Waals surface area contributed by atoms with Crippen LogP contribution in [0.1, 0.15) is 16.7 Å². The first kappa shape index (κ1) is 16.7. The number of nitrogens with zero attached hydrogens (tertiary/aromatic N) is 2. The summed E-state index contributed by atoms with van der Waals surface area (Å²) in [5, 5.41) is 7.90. The van der Waals surface area contributed by atoms with E-state index in [4.69, 9.17) is 0 Å². The standard InChI is InChI=1S/C21H16F2N2/c1-15-2-11-20(21(23)12-15)18-7-3-16(4-8-18)13-24-25-14-17-5-9-19(22)10-6-17/h2-14H,1H3. The van der Waals surface area contributed by atoms with E-state index in [1.54, 1.807) is 30.6 Å². The number of benzene rings is 3. The van der Waals surface area contributed by atoms with Crippen LogP contribution in [0.4, 0.5) is 8.78 Å². The predicted octanol–water partition coefficient (Wildman–Crippen LogP) is 5.39. The van der Waals surface area contributed by atoms with Gasteiger partial charge in [0.15, 0.2) is 0 Å². The second kappa shape index (κ2) is 7.62. The molecule has 3 aromatic carbocycles. The molecule has 25 heavy (non-hydrogen) atoms. The number of aryl methyl sites for hydroxylation is 1. The summed E-state index contributed by atoms with van der Waals surface area (Å²) in [7, 11) is 0. The lowest BCUT2D eigenvalue weighted by Gasteiger charge is -2.04. The molecule has 0 unspecified atom stereocenters. The van der Waals surface area contributed by atoms with Gasteiger partial charge in [0.05, 0.1) is 12.4 Å². The summed E-state index contributed by atoms with van der Waals surface area (Å²) in [5.74, 6) is -0.518. The van der Waals surface area contributed by atoms with E-state index in [1.807, 2.05) is 37.3 Å². The lowest BCUT2D eigenvalue weighted by Crippen LogP contribution is -1.87. The molecular formula is C21H16F2N2. The molecule has 0 heterocycles. The van der Waals surface area contributed by atoms with Crippen molar-refractivity contribution in [3.8, 4) is 11.1 Å². The van der Waals surface area contributed by atoms with Crippen LogP contribution in [0.5, 0.6) is 0 Å². The van der Waals surface area contributed by atoms with Gasteiger partial charge in [0.25, 0.3) is 0 Å². The third-order valence-corrected chi connectivity index (χ3v) is 3.70. The van der Waals surface area contributed by atoms with Crippen LogP contribution in [0, 0.1) is 18.6 Å². The Labute approximate surface area is 145 Å². The Morgan fingerprint density at radius 2 is 1.28 bits per heavy atom. The van der Waals surface area contributed by atoms with Gasteiger partial charge in [-0.3, -0.25) is 0 Å². The normalized spacial score (nSPS) is 11.5. The van der Waals surface area contributed by atoms with Crippen LogP contribution in [0.15, 0.2) is 76.9 Å². The van der Waals surface area contributed by atoms with Crippen LogP contribution in [0.2, 0.25) is 0 Å². The van der Waals surface area contributed by atoms with E-state index in [1.165, 1.54) is 18.2 Å². The average Bonchev–Trinajstić information content (AvgIpc) is 2.61. The lowest BCUT2D eigenvalue weighted by molar-refractivity contribution is 0.627. The fourth-order valence-electron chi connectivity index (χ4n) is 2.35. The molecule has 2 nitrogen and oxygen atoms in total. The van der Waals surface area contributed by atoms with Crippen LogP contribution in [0.25, 0.3) is 11.1 Å². The van der Waals surface area contributed by atoms with E-state index in [-0.39, 0.29) is 11.6 Å². The summed E-state index contributed by atoms with van der Waals surface area (Å²) in [5.41, 5.74) is 3.90. The van der Waals surface area contributed by atoms with Crippen molar-refractivity contribution < 1.29 is 8.78 Å². The molecule has 3 rings (SSSR count). The minimum absolute atomic E-state index is 0.231.